The van der Waals surface area contributed by atoms with E-state index in [1.807, 2.05) is 0 Å². The Balaban J connectivity index is 3.99. The number of phosphoric acid groups is 1. The minimum Gasteiger partial charge on any atom is -0.462 e. The Labute approximate surface area is 376 Å². The molecule has 0 spiro atoms. The fourth-order valence-corrected chi connectivity index (χ4v) is 8.21. The van der Waals surface area contributed by atoms with E-state index in [1.54, 1.807) is 0 Å². The molecule has 0 aromatic rings. The number of nitrogens with two attached hydrogens (primary N) is 1. The minimum absolute atomic E-state index is 0.0539. The number of allylic oxidation sites excluding steroid dienone is 4. The van der Waals surface area contributed by atoms with Gasteiger partial charge in [0.15, 0.2) is 6.10 Å². The summed E-state index contributed by atoms with van der Waals surface area (Å²) in [5.74, 6) is -0.827. The fourth-order valence-electron chi connectivity index (χ4n) is 7.45. The maximum Gasteiger partial charge on any atom is 0.472 e. The summed E-state index contributed by atoms with van der Waals surface area (Å²) in [6.45, 7) is 3.76. The maximum atomic E-state index is 12.6. The van der Waals surface area contributed by atoms with Crippen molar-refractivity contribution in [1.29, 1.82) is 0 Å². The van der Waals surface area contributed by atoms with Crippen molar-refractivity contribution in [1.82, 2.24) is 0 Å². The number of carbonyl (C=O) groups excluding carboxylic acids is 2. The zero-order valence-corrected chi connectivity index (χ0v) is 40.8. The molecule has 0 aromatic heterocycles. The quantitative estimate of drug-likeness (QED) is 0.0265. The second-order valence-electron chi connectivity index (χ2n) is 17.4. The molecule has 61 heavy (non-hydrogen) atoms. The Hall–Kier alpha value is -1.51. The number of hydrogen-bond acceptors (Lipinski definition) is 8. The highest BCUT2D eigenvalue weighted by Gasteiger charge is 2.26. The smallest absolute Gasteiger partial charge is 0.462 e. The molecule has 2 unspecified atom stereocenters. The van der Waals surface area contributed by atoms with Gasteiger partial charge in [-0.1, -0.05) is 205 Å². The Morgan fingerprint density at radius 3 is 1.16 bits per heavy atom. The summed E-state index contributed by atoms with van der Waals surface area (Å²) in [4.78, 5) is 35.0. The summed E-state index contributed by atoms with van der Waals surface area (Å²) in [6.07, 6.45) is 53.6. The van der Waals surface area contributed by atoms with Gasteiger partial charge in [-0.25, -0.2) is 4.57 Å². The van der Waals surface area contributed by atoms with Crippen molar-refractivity contribution in [2.75, 3.05) is 26.4 Å². The van der Waals surface area contributed by atoms with Crippen LogP contribution in [0.25, 0.3) is 0 Å². The van der Waals surface area contributed by atoms with Crippen LogP contribution in [0.3, 0.4) is 0 Å². The third-order valence-corrected chi connectivity index (χ3v) is 12.3. The number of phosphoric ester groups is 1. The van der Waals surface area contributed by atoms with Gasteiger partial charge in [0.1, 0.15) is 6.61 Å². The first-order valence-electron chi connectivity index (χ1n) is 25.8. The first-order valence-corrected chi connectivity index (χ1v) is 27.3. The van der Waals surface area contributed by atoms with Crippen LogP contribution in [-0.4, -0.2) is 49.3 Å². The molecule has 0 rings (SSSR count). The van der Waals surface area contributed by atoms with Gasteiger partial charge in [-0.2, -0.15) is 0 Å². The summed E-state index contributed by atoms with van der Waals surface area (Å²) >= 11 is 0. The van der Waals surface area contributed by atoms with E-state index in [0.717, 1.165) is 51.4 Å². The first-order chi connectivity index (χ1) is 29.8. The number of ether oxygens (including phenoxy) is 2. The number of hydrogen-bond donors (Lipinski definition) is 2. The molecule has 0 fully saturated rings. The lowest BCUT2D eigenvalue weighted by molar-refractivity contribution is -0.161. The maximum absolute atomic E-state index is 12.6. The van der Waals surface area contributed by atoms with E-state index in [1.165, 1.54) is 173 Å². The number of unbranched alkanes of at least 4 members (excludes halogenated alkanes) is 32. The highest BCUT2D eigenvalue weighted by Crippen LogP contribution is 2.43. The number of rotatable bonds is 49. The van der Waals surface area contributed by atoms with Crippen LogP contribution < -0.4 is 5.73 Å². The Morgan fingerprint density at radius 1 is 0.475 bits per heavy atom. The van der Waals surface area contributed by atoms with Crippen molar-refractivity contribution < 1.29 is 37.6 Å². The van der Waals surface area contributed by atoms with Crippen LogP contribution in [0, 0.1) is 0 Å². The molecule has 0 aliphatic rings. The Bertz CT molecular complexity index is 1050. The molecule has 0 saturated carbocycles. The van der Waals surface area contributed by atoms with Crippen LogP contribution in [0.1, 0.15) is 258 Å². The van der Waals surface area contributed by atoms with Crippen LogP contribution >= 0.6 is 7.82 Å². The number of esters is 2. The normalized spacial score (nSPS) is 13.3. The predicted molar refractivity (Wildman–Crippen MR) is 257 cm³/mol. The molecule has 360 valence electrons. The molecule has 0 aliphatic carbocycles. The molecule has 0 heterocycles. The summed E-state index contributed by atoms with van der Waals surface area (Å²) in [5.41, 5.74) is 5.36. The molecular weight excluding hydrogens is 786 g/mol. The highest BCUT2D eigenvalue weighted by molar-refractivity contribution is 7.47. The van der Waals surface area contributed by atoms with Gasteiger partial charge in [0.2, 0.25) is 0 Å². The van der Waals surface area contributed by atoms with Gasteiger partial charge in [0, 0.05) is 19.4 Å². The van der Waals surface area contributed by atoms with E-state index < -0.39 is 26.5 Å². The van der Waals surface area contributed by atoms with Crippen LogP contribution in [0.4, 0.5) is 0 Å². The molecule has 0 bridgehead atoms. The molecule has 9 nitrogen and oxygen atoms in total. The molecule has 2 atom stereocenters. The van der Waals surface area contributed by atoms with Crippen molar-refractivity contribution >= 4 is 19.8 Å². The largest absolute Gasteiger partial charge is 0.472 e. The average molecular weight is 884 g/mol. The molecule has 10 heteroatoms. The van der Waals surface area contributed by atoms with Crippen LogP contribution in [-0.2, 0) is 32.7 Å². The van der Waals surface area contributed by atoms with Crippen molar-refractivity contribution in [2.24, 2.45) is 5.73 Å². The molecular formula is C51H98NO8P. The lowest BCUT2D eigenvalue weighted by atomic mass is 10.0. The van der Waals surface area contributed by atoms with Gasteiger partial charge in [-0.05, 0) is 64.2 Å². The number of carbonyl (C=O) groups is 2. The van der Waals surface area contributed by atoms with E-state index in [2.05, 4.69) is 38.2 Å². The van der Waals surface area contributed by atoms with Gasteiger partial charge in [0.25, 0.3) is 0 Å². The summed E-state index contributed by atoms with van der Waals surface area (Å²) < 4.78 is 32.9. The van der Waals surface area contributed by atoms with Gasteiger partial charge in [-0.15, -0.1) is 0 Å². The third kappa shape index (κ3) is 47.8. The standard InChI is InChI=1S/C51H98NO8P/c1-3-5-7-9-11-13-15-17-19-20-21-22-23-24-25-26-27-28-30-32-34-36-38-40-42-44-51(54)60-49(48-59-61(55,56)58-46-45-52)47-57-50(53)43-41-39-37-35-33-31-29-18-16-14-12-10-8-6-4-2/h18,20-21,29,49H,3-17,19,22-28,30-48,52H2,1-2H3,(H,55,56)/b21-20-,29-18-. The molecule has 0 aromatic carbocycles. The van der Waals surface area contributed by atoms with Crippen molar-refractivity contribution in [2.45, 2.75) is 264 Å². The second kappa shape index (κ2) is 48.0. The van der Waals surface area contributed by atoms with E-state index in [9.17, 15) is 19.0 Å². The van der Waals surface area contributed by atoms with E-state index >= 15 is 0 Å². The zero-order valence-electron chi connectivity index (χ0n) is 39.9. The lowest BCUT2D eigenvalue weighted by Crippen LogP contribution is -2.29. The summed E-state index contributed by atoms with van der Waals surface area (Å²) in [5, 5.41) is 0. The van der Waals surface area contributed by atoms with E-state index in [0.29, 0.717) is 6.42 Å². The van der Waals surface area contributed by atoms with Crippen molar-refractivity contribution in [3.63, 3.8) is 0 Å². The van der Waals surface area contributed by atoms with Gasteiger partial charge >= 0.3 is 19.8 Å². The van der Waals surface area contributed by atoms with Crippen LogP contribution in [0.15, 0.2) is 24.3 Å². The zero-order chi connectivity index (χ0) is 44.6. The van der Waals surface area contributed by atoms with Crippen molar-refractivity contribution in [3.05, 3.63) is 24.3 Å². The topological polar surface area (TPSA) is 134 Å². The molecule has 0 radical (unpaired) electrons. The monoisotopic (exact) mass is 884 g/mol. The molecule has 0 aliphatic heterocycles. The molecule has 0 saturated heterocycles. The fraction of sp³-hybridized carbons (Fsp3) is 0.882. The summed E-state index contributed by atoms with van der Waals surface area (Å²) in [6, 6.07) is 0. The SMILES string of the molecule is CCCCCCCC/C=C\CCCCCCCC(=O)OCC(COP(=O)(O)OCCN)OC(=O)CCCCCCCCCCCCCCC/C=C\CCCCCCCCCC. The van der Waals surface area contributed by atoms with E-state index in [4.69, 9.17) is 24.3 Å². The lowest BCUT2D eigenvalue weighted by Gasteiger charge is -2.19. The predicted octanol–water partition coefficient (Wildman–Crippen LogP) is 15.5. The van der Waals surface area contributed by atoms with Crippen LogP contribution in [0.2, 0.25) is 0 Å². The summed E-state index contributed by atoms with van der Waals surface area (Å²) in [7, 11) is -4.38. The van der Waals surface area contributed by atoms with Crippen molar-refractivity contribution in [3.8, 4) is 0 Å². The Kier molecular flexibility index (Phi) is 46.8. The second-order valence-corrected chi connectivity index (χ2v) is 18.8. The highest BCUT2D eigenvalue weighted by atomic mass is 31.2. The molecule has 3 N–H and O–H groups in total. The third-order valence-electron chi connectivity index (χ3n) is 11.3. The minimum atomic E-state index is -4.38. The average Bonchev–Trinajstić information content (AvgIpc) is 3.25. The van der Waals surface area contributed by atoms with Gasteiger partial charge < -0.3 is 20.1 Å². The first kappa shape index (κ1) is 59.5. The Morgan fingerprint density at radius 2 is 0.803 bits per heavy atom. The van der Waals surface area contributed by atoms with Gasteiger partial charge in [-0.3, -0.25) is 18.6 Å². The molecule has 0 amide bonds. The van der Waals surface area contributed by atoms with Crippen LogP contribution in [0.5, 0.6) is 0 Å². The van der Waals surface area contributed by atoms with E-state index in [-0.39, 0.29) is 38.6 Å². The van der Waals surface area contributed by atoms with Gasteiger partial charge in [0.05, 0.1) is 13.2 Å².